The van der Waals surface area contributed by atoms with Gasteiger partial charge >= 0.3 is 0 Å². The minimum atomic E-state index is -0.564. The highest BCUT2D eigenvalue weighted by Crippen LogP contribution is 2.50. The summed E-state index contributed by atoms with van der Waals surface area (Å²) in [6.45, 7) is 2.44. The molecule has 1 aromatic carbocycles. The molecule has 0 radical (unpaired) electrons. The molecule has 2 aliphatic rings. The Bertz CT molecular complexity index is 692. The maximum atomic E-state index is 14.2. The zero-order chi connectivity index (χ0) is 14.2. The Morgan fingerprint density at radius 2 is 1.95 bits per heavy atom. The number of fused-ring (bicyclic) bond motifs is 2. The number of para-hydroxylation sites is 1. The molecule has 0 N–H and O–H groups in total. The number of ether oxygens (including phenoxy) is 2. The van der Waals surface area contributed by atoms with Gasteiger partial charge in [0, 0.05) is 13.1 Å². The quantitative estimate of drug-likeness (QED) is 0.689. The minimum Gasteiger partial charge on any atom is -0.435 e. The van der Waals surface area contributed by atoms with Crippen molar-refractivity contribution in [1.82, 2.24) is 10.2 Å². The summed E-state index contributed by atoms with van der Waals surface area (Å²) in [5.74, 6) is 0.525. The SMILES string of the molecule is Fc1nnc2c(c1N1CCOCC1)Sc1ccccc1O2. The van der Waals surface area contributed by atoms with Crippen molar-refractivity contribution in [3.05, 3.63) is 30.2 Å². The van der Waals surface area contributed by atoms with Crippen molar-refractivity contribution in [1.29, 1.82) is 0 Å². The molecule has 0 bridgehead atoms. The lowest BCUT2D eigenvalue weighted by molar-refractivity contribution is 0.122. The van der Waals surface area contributed by atoms with E-state index in [4.69, 9.17) is 9.47 Å². The third kappa shape index (κ3) is 2.22. The van der Waals surface area contributed by atoms with Gasteiger partial charge < -0.3 is 14.4 Å². The van der Waals surface area contributed by atoms with Gasteiger partial charge in [0.25, 0.3) is 11.8 Å². The molecule has 0 amide bonds. The number of hydrogen-bond donors (Lipinski definition) is 0. The highest BCUT2D eigenvalue weighted by molar-refractivity contribution is 7.99. The number of nitrogens with zero attached hydrogens (tertiary/aromatic N) is 3. The molecule has 0 atom stereocenters. The van der Waals surface area contributed by atoms with Crippen molar-refractivity contribution in [3.8, 4) is 11.6 Å². The molecule has 1 fully saturated rings. The predicted octanol–water partition coefficient (Wildman–Crippen LogP) is 2.71. The molecule has 4 rings (SSSR count). The molecule has 1 saturated heterocycles. The van der Waals surface area contributed by atoms with E-state index in [-0.39, 0.29) is 0 Å². The van der Waals surface area contributed by atoms with Crippen LogP contribution in [-0.4, -0.2) is 36.5 Å². The van der Waals surface area contributed by atoms with Crippen LogP contribution < -0.4 is 9.64 Å². The Morgan fingerprint density at radius 1 is 1.14 bits per heavy atom. The number of rotatable bonds is 1. The molecule has 3 heterocycles. The van der Waals surface area contributed by atoms with Gasteiger partial charge in [-0.15, -0.1) is 10.2 Å². The lowest BCUT2D eigenvalue weighted by atomic mass is 10.3. The van der Waals surface area contributed by atoms with Gasteiger partial charge in [-0.25, -0.2) is 0 Å². The summed E-state index contributed by atoms with van der Waals surface area (Å²) in [4.78, 5) is 3.58. The van der Waals surface area contributed by atoms with Crippen LogP contribution in [0.1, 0.15) is 0 Å². The minimum absolute atomic E-state index is 0.363. The standard InChI is InChI=1S/C14H12FN3O2S/c15-13-11(18-5-7-19-8-6-18)12-14(17-16-13)20-9-3-1-2-4-10(9)21-12/h1-4H,5-8H2. The first-order chi connectivity index (χ1) is 10.3. The molecule has 108 valence electrons. The summed E-state index contributed by atoms with van der Waals surface area (Å²) in [7, 11) is 0. The molecule has 1 aromatic heterocycles. The van der Waals surface area contributed by atoms with Crippen LogP contribution in [-0.2, 0) is 4.74 Å². The van der Waals surface area contributed by atoms with Crippen LogP contribution in [0.25, 0.3) is 0 Å². The van der Waals surface area contributed by atoms with Crippen molar-refractivity contribution in [2.24, 2.45) is 0 Å². The van der Waals surface area contributed by atoms with Gasteiger partial charge in [-0.05, 0) is 12.1 Å². The van der Waals surface area contributed by atoms with Crippen molar-refractivity contribution >= 4 is 17.4 Å². The van der Waals surface area contributed by atoms with Gasteiger partial charge in [0.2, 0.25) is 0 Å². The largest absolute Gasteiger partial charge is 0.435 e. The fraction of sp³-hybridized carbons (Fsp3) is 0.286. The summed E-state index contributed by atoms with van der Waals surface area (Å²) in [6, 6.07) is 7.64. The first-order valence-electron chi connectivity index (χ1n) is 6.66. The molecule has 2 aromatic rings. The molecule has 5 nitrogen and oxygen atoms in total. The Kier molecular flexibility index (Phi) is 3.16. The molecule has 0 aliphatic carbocycles. The second-order valence-corrected chi connectivity index (χ2v) is 5.78. The van der Waals surface area contributed by atoms with Crippen molar-refractivity contribution in [2.45, 2.75) is 9.79 Å². The fourth-order valence-corrected chi connectivity index (χ4v) is 3.49. The Hall–Kier alpha value is -1.86. The highest BCUT2D eigenvalue weighted by atomic mass is 32.2. The lowest BCUT2D eigenvalue weighted by Gasteiger charge is -2.31. The zero-order valence-corrected chi connectivity index (χ0v) is 11.9. The van der Waals surface area contributed by atoms with E-state index in [1.165, 1.54) is 11.8 Å². The molecular formula is C14H12FN3O2S. The van der Waals surface area contributed by atoms with Gasteiger partial charge in [0.05, 0.1) is 18.1 Å². The van der Waals surface area contributed by atoms with Crippen LogP contribution in [0.2, 0.25) is 0 Å². The predicted molar refractivity (Wildman–Crippen MR) is 75.7 cm³/mol. The number of halogens is 1. The van der Waals surface area contributed by atoms with E-state index in [9.17, 15) is 4.39 Å². The maximum absolute atomic E-state index is 14.2. The van der Waals surface area contributed by atoms with Crippen molar-refractivity contribution in [2.75, 3.05) is 31.2 Å². The maximum Gasteiger partial charge on any atom is 0.257 e. The smallest absolute Gasteiger partial charge is 0.257 e. The third-order valence-corrected chi connectivity index (χ3v) is 4.56. The summed E-state index contributed by atoms with van der Waals surface area (Å²) in [6.07, 6.45) is 0. The first-order valence-corrected chi connectivity index (χ1v) is 7.48. The van der Waals surface area contributed by atoms with Crippen LogP contribution >= 0.6 is 11.8 Å². The first kappa shape index (κ1) is 12.8. The molecular weight excluding hydrogens is 293 g/mol. The van der Waals surface area contributed by atoms with E-state index in [0.717, 1.165) is 10.6 Å². The van der Waals surface area contributed by atoms with Gasteiger partial charge in [-0.3, -0.25) is 0 Å². The number of morpholine rings is 1. The molecule has 0 saturated carbocycles. The third-order valence-electron chi connectivity index (χ3n) is 3.43. The topological polar surface area (TPSA) is 47.5 Å². The second-order valence-electron chi connectivity index (χ2n) is 4.72. The van der Waals surface area contributed by atoms with E-state index < -0.39 is 5.95 Å². The Morgan fingerprint density at radius 3 is 2.81 bits per heavy atom. The average Bonchev–Trinajstić information content (AvgIpc) is 2.54. The zero-order valence-electron chi connectivity index (χ0n) is 11.1. The summed E-state index contributed by atoms with van der Waals surface area (Å²) in [5.41, 5.74) is 0.461. The Balaban J connectivity index is 1.79. The summed E-state index contributed by atoms with van der Waals surface area (Å²) < 4.78 is 25.3. The van der Waals surface area contributed by atoms with E-state index in [1.54, 1.807) is 0 Å². The van der Waals surface area contributed by atoms with Crippen molar-refractivity contribution in [3.63, 3.8) is 0 Å². The highest BCUT2D eigenvalue weighted by Gasteiger charge is 2.29. The molecule has 0 spiro atoms. The molecule has 21 heavy (non-hydrogen) atoms. The summed E-state index contributed by atoms with van der Waals surface area (Å²) in [5, 5.41) is 7.45. The average molecular weight is 305 g/mol. The van der Waals surface area contributed by atoms with E-state index in [2.05, 4.69) is 10.2 Å². The van der Waals surface area contributed by atoms with Gasteiger partial charge in [-0.2, -0.15) is 4.39 Å². The van der Waals surface area contributed by atoms with Gasteiger partial charge in [0.1, 0.15) is 16.3 Å². The van der Waals surface area contributed by atoms with Crippen LogP contribution in [0.5, 0.6) is 11.6 Å². The summed E-state index contributed by atoms with van der Waals surface area (Å²) >= 11 is 1.47. The number of anilines is 1. The van der Waals surface area contributed by atoms with Crippen LogP contribution in [0.3, 0.4) is 0 Å². The number of benzene rings is 1. The van der Waals surface area contributed by atoms with Gasteiger partial charge in [-0.1, -0.05) is 23.9 Å². The van der Waals surface area contributed by atoms with E-state index >= 15 is 0 Å². The van der Waals surface area contributed by atoms with E-state index in [1.807, 2.05) is 29.2 Å². The Labute approximate surface area is 125 Å². The lowest BCUT2D eigenvalue weighted by Crippen LogP contribution is -2.37. The van der Waals surface area contributed by atoms with Crippen molar-refractivity contribution < 1.29 is 13.9 Å². The fourth-order valence-electron chi connectivity index (χ4n) is 2.43. The van der Waals surface area contributed by atoms with Crippen LogP contribution in [0.15, 0.2) is 34.1 Å². The molecule has 0 unspecified atom stereocenters. The van der Waals surface area contributed by atoms with Gasteiger partial charge in [0.15, 0.2) is 0 Å². The normalized spacial score (nSPS) is 16.9. The van der Waals surface area contributed by atoms with Crippen LogP contribution in [0.4, 0.5) is 10.1 Å². The second kappa shape index (κ2) is 5.16. The van der Waals surface area contributed by atoms with Crippen LogP contribution in [0, 0.1) is 5.95 Å². The number of hydrogen-bond acceptors (Lipinski definition) is 6. The number of aromatic nitrogens is 2. The molecule has 7 heteroatoms. The van der Waals surface area contributed by atoms with E-state index in [0.29, 0.717) is 42.8 Å². The monoisotopic (exact) mass is 305 g/mol. The molecule has 2 aliphatic heterocycles.